The van der Waals surface area contributed by atoms with Crippen LogP contribution in [-0.2, 0) is 25.5 Å². The fourth-order valence-electron chi connectivity index (χ4n) is 3.09. The van der Waals surface area contributed by atoms with Gasteiger partial charge in [-0.1, -0.05) is 0 Å². The first-order valence-electron chi connectivity index (χ1n) is 8.58. The van der Waals surface area contributed by atoms with E-state index in [1.165, 1.54) is 20.3 Å². The van der Waals surface area contributed by atoms with Gasteiger partial charge in [0.05, 0.1) is 26.7 Å². The van der Waals surface area contributed by atoms with Gasteiger partial charge in [-0.3, -0.25) is 4.79 Å². The Morgan fingerprint density at radius 1 is 1.30 bits per heavy atom. The number of hydrogen-bond donors (Lipinski definition) is 1. The Balaban J connectivity index is 1.89. The molecule has 1 aliphatic rings. The van der Waals surface area contributed by atoms with Gasteiger partial charge in [-0.05, 0) is 24.1 Å². The van der Waals surface area contributed by atoms with Crippen molar-refractivity contribution in [1.82, 2.24) is 5.32 Å². The van der Waals surface area contributed by atoms with Crippen LogP contribution in [0.25, 0.3) is 11.0 Å². The molecule has 0 bridgehead atoms. The topological polar surface area (TPSA) is 104 Å². The predicted octanol–water partition coefficient (Wildman–Crippen LogP) is 1.04. The number of hydrogen-bond acceptors (Lipinski definition) is 7. The molecule has 144 valence electrons. The van der Waals surface area contributed by atoms with Crippen molar-refractivity contribution in [1.29, 1.82) is 0 Å². The zero-order chi connectivity index (χ0) is 19.4. The second-order valence-corrected chi connectivity index (χ2v) is 6.30. The lowest BCUT2D eigenvalue weighted by Gasteiger charge is -2.19. The van der Waals surface area contributed by atoms with Gasteiger partial charge in [-0.15, -0.1) is 0 Å². The molecule has 1 aromatic carbocycles. The summed E-state index contributed by atoms with van der Waals surface area (Å²) in [5.41, 5.74) is 0.364. The third-order valence-electron chi connectivity index (χ3n) is 4.56. The standard InChI is InChI=1S/C19H21NO7/c1-24-13-3-4-14-12(8-17(21)27-16(14)9-13)7-15(19(23)25-2)20-18(22)11-5-6-26-10-11/h3-4,8-9,11,15H,5-7,10H2,1-2H3,(H,20,22)/t11-,15+/m0/s1. The lowest BCUT2D eigenvalue weighted by atomic mass is 10.0. The second-order valence-electron chi connectivity index (χ2n) is 6.30. The van der Waals surface area contributed by atoms with Crippen molar-refractivity contribution in [3.8, 4) is 5.75 Å². The molecule has 1 aromatic heterocycles. The van der Waals surface area contributed by atoms with Crippen molar-refractivity contribution in [2.75, 3.05) is 27.4 Å². The summed E-state index contributed by atoms with van der Waals surface area (Å²) in [4.78, 5) is 36.5. The highest BCUT2D eigenvalue weighted by atomic mass is 16.5. The molecule has 1 saturated heterocycles. The summed E-state index contributed by atoms with van der Waals surface area (Å²) in [5, 5.41) is 3.37. The number of esters is 1. The van der Waals surface area contributed by atoms with E-state index in [1.807, 2.05) is 0 Å². The monoisotopic (exact) mass is 375 g/mol. The van der Waals surface area contributed by atoms with E-state index < -0.39 is 17.6 Å². The predicted molar refractivity (Wildman–Crippen MR) is 95.6 cm³/mol. The van der Waals surface area contributed by atoms with Crippen LogP contribution >= 0.6 is 0 Å². The SMILES string of the molecule is COC(=O)[C@@H](Cc1cc(=O)oc2cc(OC)ccc12)NC(=O)[C@H]1CCOC1. The lowest BCUT2D eigenvalue weighted by molar-refractivity contribution is -0.145. The minimum Gasteiger partial charge on any atom is -0.497 e. The summed E-state index contributed by atoms with van der Waals surface area (Å²) >= 11 is 0. The summed E-state index contributed by atoms with van der Waals surface area (Å²) in [5.74, 6) is -0.602. The molecule has 2 heterocycles. The molecule has 8 nitrogen and oxygen atoms in total. The maximum absolute atomic E-state index is 12.4. The first-order valence-corrected chi connectivity index (χ1v) is 8.58. The molecule has 8 heteroatoms. The van der Waals surface area contributed by atoms with E-state index in [-0.39, 0.29) is 18.2 Å². The number of methoxy groups -OCH3 is 2. The summed E-state index contributed by atoms with van der Waals surface area (Å²) in [6.45, 7) is 0.852. The summed E-state index contributed by atoms with van der Waals surface area (Å²) in [7, 11) is 2.77. The van der Waals surface area contributed by atoms with Crippen molar-refractivity contribution in [3.05, 3.63) is 40.2 Å². The molecule has 1 amide bonds. The quantitative estimate of drug-likeness (QED) is 0.594. The number of carbonyl (C=O) groups excluding carboxylic acids is 2. The van der Waals surface area contributed by atoms with E-state index >= 15 is 0 Å². The molecule has 0 unspecified atom stereocenters. The molecular formula is C19H21NO7. The molecule has 2 aromatic rings. The van der Waals surface area contributed by atoms with Crippen LogP contribution < -0.4 is 15.7 Å². The number of nitrogens with one attached hydrogen (secondary N) is 1. The van der Waals surface area contributed by atoms with Crippen LogP contribution in [0.3, 0.4) is 0 Å². The van der Waals surface area contributed by atoms with Crippen LogP contribution in [0.4, 0.5) is 0 Å². The fourth-order valence-corrected chi connectivity index (χ4v) is 3.09. The smallest absolute Gasteiger partial charge is 0.336 e. The molecule has 0 aliphatic carbocycles. The molecule has 3 rings (SSSR count). The van der Waals surface area contributed by atoms with E-state index in [0.29, 0.717) is 41.9 Å². The number of carbonyl (C=O) groups is 2. The van der Waals surface area contributed by atoms with Gasteiger partial charge in [-0.2, -0.15) is 0 Å². The Hall–Kier alpha value is -2.87. The van der Waals surface area contributed by atoms with Gasteiger partial charge < -0.3 is 23.9 Å². The molecule has 1 fully saturated rings. The Morgan fingerprint density at radius 3 is 2.78 bits per heavy atom. The van der Waals surface area contributed by atoms with Crippen molar-refractivity contribution < 1.29 is 28.2 Å². The molecule has 27 heavy (non-hydrogen) atoms. The highest BCUT2D eigenvalue weighted by molar-refractivity contribution is 5.87. The van der Waals surface area contributed by atoms with E-state index in [2.05, 4.69) is 5.32 Å². The summed E-state index contributed by atoms with van der Waals surface area (Å²) in [6.07, 6.45) is 0.706. The van der Waals surface area contributed by atoms with Crippen LogP contribution in [0.15, 0.2) is 33.5 Å². The zero-order valence-corrected chi connectivity index (χ0v) is 15.2. The average molecular weight is 375 g/mol. The number of amides is 1. The van der Waals surface area contributed by atoms with Gasteiger partial charge in [0.2, 0.25) is 5.91 Å². The Labute approximate surface area is 155 Å². The molecule has 1 N–H and O–H groups in total. The number of fused-ring (bicyclic) bond motifs is 1. The maximum Gasteiger partial charge on any atom is 0.336 e. The lowest BCUT2D eigenvalue weighted by Crippen LogP contribution is -2.45. The molecule has 2 atom stereocenters. The second kappa shape index (κ2) is 8.22. The van der Waals surface area contributed by atoms with Gasteiger partial charge in [0, 0.05) is 30.5 Å². The number of benzene rings is 1. The van der Waals surface area contributed by atoms with Crippen LogP contribution in [0.2, 0.25) is 0 Å². The average Bonchev–Trinajstić information content (AvgIpc) is 3.21. The minimum absolute atomic E-state index is 0.0976. The highest BCUT2D eigenvalue weighted by Crippen LogP contribution is 2.23. The Kier molecular flexibility index (Phi) is 5.75. The van der Waals surface area contributed by atoms with Crippen LogP contribution in [-0.4, -0.2) is 45.4 Å². The van der Waals surface area contributed by atoms with Crippen molar-refractivity contribution in [3.63, 3.8) is 0 Å². The normalized spacial score (nSPS) is 17.5. The molecule has 1 aliphatic heterocycles. The van der Waals surface area contributed by atoms with Gasteiger partial charge in [-0.25, -0.2) is 9.59 Å². The van der Waals surface area contributed by atoms with E-state index in [0.717, 1.165) is 0 Å². The number of rotatable bonds is 6. The van der Waals surface area contributed by atoms with Crippen molar-refractivity contribution in [2.24, 2.45) is 5.92 Å². The van der Waals surface area contributed by atoms with Crippen molar-refractivity contribution >= 4 is 22.8 Å². The molecule has 0 saturated carbocycles. The zero-order valence-electron chi connectivity index (χ0n) is 15.2. The Morgan fingerprint density at radius 2 is 2.11 bits per heavy atom. The van der Waals surface area contributed by atoms with E-state index in [4.69, 9.17) is 18.6 Å². The van der Waals surface area contributed by atoms with Crippen LogP contribution in [0.1, 0.15) is 12.0 Å². The summed E-state index contributed by atoms with van der Waals surface area (Å²) < 4.78 is 20.4. The van der Waals surface area contributed by atoms with E-state index in [9.17, 15) is 14.4 Å². The first kappa shape index (κ1) is 18.9. The van der Waals surface area contributed by atoms with Gasteiger partial charge in [0.25, 0.3) is 0 Å². The summed E-state index contributed by atoms with van der Waals surface area (Å²) in [6, 6.07) is 5.47. The van der Waals surface area contributed by atoms with Gasteiger partial charge >= 0.3 is 11.6 Å². The van der Waals surface area contributed by atoms with Crippen LogP contribution in [0, 0.1) is 5.92 Å². The fraction of sp³-hybridized carbons (Fsp3) is 0.421. The first-order chi connectivity index (χ1) is 13.0. The third kappa shape index (κ3) is 4.28. The minimum atomic E-state index is -0.921. The van der Waals surface area contributed by atoms with E-state index in [1.54, 1.807) is 18.2 Å². The maximum atomic E-state index is 12.4. The van der Waals surface area contributed by atoms with Crippen LogP contribution in [0.5, 0.6) is 5.75 Å². The Bertz CT molecular complexity index is 899. The van der Waals surface area contributed by atoms with Gasteiger partial charge in [0.15, 0.2) is 0 Å². The molecule has 0 radical (unpaired) electrons. The number of ether oxygens (including phenoxy) is 3. The van der Waals surface area contributed by atoms with Crippen molar-refractivity contribution in [2.45, 2.75) is 18.9 Å². The largest absolute Gasteiger partial charge is 0.497 e. The third-order valence-corrected chi connectivity index (χ3v) is 4.56. The molecule has 0 spiro atoms. The van der Waals surface area contributed by atoms with Gasteiger partial charge in [0.1, 0.15) is 17.4 Å². The molecular weight excluding hydrogens is 354 g/mol. The highest BCUT2D eigenvalue weighted by Gasteiger charge is 2.29.